The van der Waals surface area contributed by atoms with E-state index in [0.717, 1.165) is 54.8 Å². The molecule has 1 aromatic heterocycles. The number of likely N-dealkylation sites (tertiary alicyclic amines) is 1. The van der Waals surface area contributed by atoms with Crippen LogP contribution in [0, 0.1) is 12.8 Å². The van der Waals surface area contributed by atoms with Crippen LogP contribution in [0.3, 0.4) is 0 Å². The number of hydrogen-bond donors (Lipinski definition) is 0. The SMILES string of the molecule is CCOC(=O)CN1CCCC(CCCOc2cccc(-c3cccnc3C(=O)OC(C)(C)C)c2C)C1. The topological polar surface area (TPSA) is 78.0 Å². The molecule has 0 amide bonds. The zero-order valence-electron chi connectivity index (χ0n) is 22.3. The summed E-state index contributed by atoms with van der Waals surface area (Å²) in [5, 5.41) is 0. The molecule has 1 atom stereocenters. The molecule has 0 radical (unpaired) electrons. The van der Waals surface area contributed by atoms with Gasteiger partial charge in [-0.1, -0.05) is 18.2 Å². The van der Waals surface area contributed by atoms with Crippen LogP contribution in [0.4, 0.5) is 0 Å². The fraction of sp³-hybridized carbons (Fsp3) is 0.552. The Hall–Kier alpha value is -2.93. The fourth-order valence-electron chi connectivity index (χ4n) is 4.65. The Morgan fingerprint density at radius 2 is 1.92 bits per heavy atom. The zero-order chi connectivity index (χ0) is 26.1. The van der Waals surface area contributed by atoms with Crippen LogP contribution < -0.4 is 4.74 Å². The lowest BCUT2D eigenvalue weighted by Crippen LogP contribution is -2.39. The highest BCUT2D eigenvalue weighted by atomic mass is 16.6. The Balaban J connectivity index is 1.59. The molecule has 2 heterocycles. The third-order valence-electron chi connectivity index (χ3n) is 6.25. The van der Waals surface area contributed by atoms with Crippen LogP contribution in [-0.2, 0) is 14.3 Å². The van der Waals surface area contributed by atoms with Crippen molar-refractivity contribution in [3.05, 3.63) is 47.8 Å². The number of carbonyl (C=O) groups excluding carboxylic acids is 2. The van der Waals surface area contributed by atoms with Crippen molar-refractivity contribution in [2.45, 2.75) is 65.9 Å². The lowest BCUT2D eigenvalue weighted by atomic mass is 9.93. The highest BCUT2D eigenvalue weighted by Gasteiger charge is 2.24. The summed E-state index contributed by atoms with van der Waals surface area (Å²) in [4.78, 5) is 31.1. The number of rotatable bonds is 10. The van der Waals surface area contributed by atoms with E-state index in [2.05, 4.69) is 9.88 Å². The molecule has 196 valence electrons. The summed E-state index contributed by atoms with van der Waals surface area (Å²) in [5.74, 6) is 0.795. The van der Waals surface area contributed by atoms with Crippen LogP contribution in [0.25, 0.3) is 11.1 Å². The van der Waals surface area contributed by atoms with E-state index < -0.39 is 11.6 Å². The van der Waals surface area contributed by atoms with Crippen LogP contribution in [0.5, 0.6) is 5.75 Å². The number of esters is 2. The molecule has 7 nitrogen and oxygen atoms in total. The molecule has 0 bridgehead atoms. The molecule has 1 aliphatic heterocycles. The first-order valence-electron chi connectivity index (χ1n) is 13.0. The molecule has 0 spiro atoms. The maximum absolute atomic E-state index is 12.8. The number of benzene rings is 1. The van der Waals surface area contributed by atoms with E-state index in [1.54, 1.807) is 6.20 Å². The number of piperidine rings is 1. The van der Waals surface area contributed by atoms with Gasteiger partial charge >= 0.3 is 11.9 Å². The summed E-state index contributed by atoms with van der Waals surface area (Å²) in [7, 11) is 0. The van der Waals surface area contributed by atoms with Crippen LogP contribution >= 0.6 is 0 Å². The van der Waals surface area contributed by atoms with E-state index in [1.807, 2.05) is 65.0 Å². The van der Waals surface area contributed by atoms with E-state index in [4.69, 9.17) is 14.2 Å². The van der Waals surface area contributed by atoms with Crippen LogP contribution in [-0.4, -0.2) is 60.3 Å². The van der Waals surface area contributed by atoms with E-state index in [1.165, 1.54) is 6.42 Å². The minimum absolute atomic E-state index is 0.139. The molecule has 7 heteroatoms. The summed E-state index contributed by atoms with van der Waals surface area (Å²) in [6.07, 6.45) is 5.90. The van der Waals surface area contributed by atoms with E-state index in [9.17, 15) is 9.59 Å². The Morgan fingerprint density at radius 1 is 1.14 bits per heavy atom. The van der Waals surface area contributed by atoms with Gasteiger partial charge in [-0.25, -0.2) is 9.78 Å². The summed E-state index contributed by atoms with van der Waals surface area (Å²) in [6.45, 7) is 12.7. The average molecular weight is 497 g/mol. The highest BCUT2D eigenvalue weighted by molar-refractivity contribution is 5.96. The molecule has 36 heavy (non-hydrogen) atoms. The van der Waals surface area contributed by atoms with Gasteiger partial charge in [-0.05, 0) is 96.0 Å². The van der Waals surface area contributed by atoms with Gasteiger partial charge < -0.3 is 14.2 Å². The van der Waals surface area contributed by atoms with E-state index >= 15 is 0 Å². The highest BCUT2D eigenvalue weighted by Crippen LogP contribution is 2.32. The third kappa shape index (κ3) is 8.05. The van der Waals surface area contributed by atoms with Gasteiger partial charge in [0.1, 0.15) is 11.4 Å². The Morgan fingerprint density at radius 3 is 2.67 bits per heavy atom. The smallest absolute Gasteiger partial charge is 0.358 e. The van der Waals surface area contributed by atoms with Gasteiger partial charge in [0, 0.05) is 18.3 Å². The molecule has 1 unspecified atom stereocenters. The molecule has 3 rings (SSSR count). The predicted octanol–water partition coefficient (Wildman–Crippen LogP) is 5.45. The number of nitrogens with zero attached hydrogens (tertiary/aromatic N) is 2. The minimum atomic E-state index is -0.597. The standard InChI is InChI=1S/C29H40N2O5/c1-6-34-26(32)20-31-17-9-11-22(19-31)12-10-18-35-25-15-7-13-23(21(25)2)24-14-8-16-30-27(24)28(33)36-29(3,4)5/h7-8,13-16,22H,6,9-12,17-20H2,1-5H3. The summed E-state index contributed by atoms with van der Waals surface area (Å²) in [6, 6.07) is 9.60. The molecule has 1 aromatic carbocycles. The van der Waals surface area contributed by atoms with Crippen LogP contribution in [0.1, 0.15) is 69.4 Å². The Kier molecular flexibility index (Phi) is 9.88. The quantitative estimate of drug-likeness (QED) is 0.320. The lowest BCUT2D eigenvalue weighted by molar-refractivity contribution is -0.144. The summed E-state index contributed by atoms with van der Waals surface area (Å²) in [5.41, 5.74) is 2.31. The first-order chi connectivity index (χ1) is 17.2. The van der Waals surface area contributed by atoms with E-state index in [0.29, 0.717) is 31.4 Å². The van der Waals surface area contributed by atoms with Crippen molar-refractivity contribution in [2.24, 2.45) is 5.92 Å². The predicted molar refractivity (Wildman–Crippen MR) is 140 cm³/mol. The number of aromatic nitrogens is 1. The zero-order valence-corrected chi connectivity index (χ0v) is 22.3. The van der Waals surface area contributed by atoms with Gasteiger partial charge in [-0.15, -0.1) is 0 Å². The van der Waals surface area contributed by atoms with Crippen molar-refractivity contribution >= 4 is 11.9 Å². The van der Waals surface area contributed by atoms with Crippen LogP contribution in [0.15, 0.2) is 36.5 Å². The van der Waals surface area contributed by atoms with Crippen molar-refractivity contribution in [3.8, 4) is 16.9 Å². The van der Waals surface area contributed by atoms with Crippen molar-refractivity contribution in [2.75, 3.05) is 32.8 Å². The Bertz CT molecular complexity index is 1030. The van der Waals surface area contributed by atoms with Gasteiger partial charge in [0.25, 0.3) is 0 Å². The van der Waals surface area contributed by atoms with Gasteiger partial charge in [0.2, 0.25) is 0 Å². The summed E-state index contributed by atoms with van der Waals surface area (Å²) >= 11 is 0. The second-order valence-corrected chi connectivity index (χ2v) is 10.4. The second kappa shape index (κ2) is 12.9. The maximum Gasteiger partial charge on any atom is 0.358 e. The minimum Gasteiger partial charge on any atom is -0.493 e. The number of ether oxygens (including phenoxy) is 3. The van der Waals surface area contributed by atoms with Gasteiger partial charge in [0.05, 0.1) is 19.8 Å². The van der Waals surface area contributed by atoms with Gasteiger partial charge in [-0.2, -0.15) is 0 Å². The number of hydrogen-bond acceptors (Lipinski definition) is 7. The third-order valence-corrected chi connectivity index (χ3v) is 6.25. The van der Waals surface area contributed by atoms with E-state index in [-0.39, 0.29) is 5.97 Å². The second-order valence-electron chi connectivity index (χ2n) is 10.4. The molecule has 0 aliphatic carbocycles. The molecule has 1 saturated heterocycles. The molecule has 0 saturated carbocycles. The van der Waals surface area contributed by atoms with Crippen molar-refractivity contribution in [1.29, 1.82) is 0 Å². The van der Waals surface area contributed by atoms with Crippen molar-refractivity contribution in [1.82, 2.24) is 9.88 Å². The van der Waals surface area contributed by atoms with Crippen molar-refractivity contribution in [3.63, 3.8) is 0 Å². The molecule has 1 fully saturated rings. The lowest BCUT2D eigenvalue weighted by Gasteiger charge is -2.32. The van der Waals surface area contributed by atoms with Gasteiger partial charge in [0.15, 0.2) is 5.69 Å². The molecular weight excluding hydrogens is 456 g/mol. The molecule has 1 aliphatic rings. The molecule has 2 aromatic rings. The largest absolute Gasteiger partial charge is 0.493 e. The monoisotopic (exact) mass is 496 g/mol. The van der Waals surface area contributed by atoms with Gasteiger partial charge in [-0.3, -0.25) is 9.69 Å². The molecule has 0 N–H and O–H groups in total. The fourth-order valence-corrected chi connectivity index (χ4v) is 4.65. The first kappa shape index (κ1) is 27.7. The average Bonchev–Trinajstić information content (AvgIpc) is 2.82. The first-order valence-corrected chi connectivity index (χ1v) is 13.0. The maximum atomic E-state index is 12.8. The summed E-state index contributed by atoms with van der Waals surface area (Å²) < 4.78 is 16.8. The van der Waals surface area contributed by atoms with Crippen LogP contribution in [0.2, 0.25) is 0 Å². The van der Waals surface area contributed by atoms with Crippen molar-refractivity contribution < 1.29 is 23.8 Å². The number of carbonyl (C=O) groups is 2. The Labute approximate surface area is 215 Å². The number of pyridine rings is 1. The normalized spacial score (nSPS) is 16.4. The molecular formula is C29H40N2O5.